The van der Waals surface area contributed by atoms with Gasteiger partial charge in [-0.2, -0.15) is 0 Å². The van der Waals surface area contributed by atoms with Crippen molar-refractivity contribution in [3.8, 4) is 0 Å². The Hall–Kier alpha value is -2.37. The number of nitrogens with two attached hydrogens (primary N) is 1. The van der Waals surface area contributed by atoms with E-state index in [4.69, 9.17) is 5.73 Å². The predicted octanol–water partition coefficient (Wildman–Crippen LogP) is 1.94. The van der Waals surface area contributed by atoms with Crippen LogP contribution in [-0.4, -0.2) is 34.7 Å². The lowest BCUT2D eigenvalue weighted by molar-refractivity contribution is -0.149. The second kappa shape index (κ2) is 6.81. The first-order valence-electron chi connectivity index (χ1n) is 7.85. The van der Waals surface area contributed by atoms with Crippen molar-refractivity contribution in [2.24, 2.45) is 0 Å². The van der Waals surface area contributed by atoms with Gasteiger partial charge in [-0.1, -0.05) is 0 Å². The van der Waals surface area contributed by atoms with Crippen molar-refractivity contribution in [2.45, 2.75) is 52.1 Å². The maximum absolute atomic E-state index is 12.7. The minimum Gasteiger partial charge on any atom is -0.399 e. The summed E-state index contributed by atoms with van der Waals surface area (Å²) in [5.41, 5.74) is 6.50. The second-order valence-corrected chi connectivity index (χ2v) is 6.09. The Morgan fingerprint density at radius 1 is 1.09 bits per heavy atom. The molecule has 0 bridgehead atoms. The fourth-order valence-electron chi connectivity index (χ4n) is 3.09. The molecular formula is C17H23N3O3. The topological polar surface area (TPSA) is 83.7 Å². The van der Waals surface area contributed by atoms with Gasteiger partial charge in [0.05, 0.1) is 5.69 Å². The second-order valence-electron chi connectivity index (χ2n) is 6.09. The Bertz CT molecular complexity index is 602. The van der Waals surface area contributed by atoms with Crippen LogP contribution in [0, 0.1) is 0 Å². The first-order chi connectivity index (χ1) is 10.8. The van der Waals surface area contributed by atoms with E-state index in [2.05, 4.69) is 0 Å². The SMILES string of the molecule is CC(=O)N(C(=O)C(=O)N1C(C)CCCC1C)c1ccc(N)cc1. The van der Waals surface area contributed by atoms with E-state index in [1.54, 1.807) is 29.2 Å². The maximum atomic E-state index is 12.7. The van der Waals surface area contributed by atoms with Crippen LogP contribution in [0.1, 0.15) is 40.0 Å². The molecule has 2 rings (SSSR count). The standard InChI is InChI=1S/C17H23N3O3/c1-11-5-4-6-12(2)19(11)16(22)17(23)20(13(3)21)15-9-7-14(18)8-10-15/h7-12H,4-6,18H2,1-3H3. The van der Waals surface area contributed by atoms with Crippen LogP contribution in [-0.2, 0) is 14.4 Å². The van der Waals surface area contributed by atoms with E-state index in [9.17, 15) is 14.4 Å². The highest BCUT2D eigenvalue weighted by Gasteiger charge is 2.36. The first kappa shape index (κ1) is 17.0. The third-order valence-corrected chi connectivity index (χ3v) is 4.28. The molecule has 1 aromatic carbocycles. The zero-order valence-corrected chi connectivity index (χ0v) is 13.8. The summed E-state index contributed by atoms with van der Waals surface area (Å²) in [7, 11) is 0. The molecule has 2 unspecified atom stereocenters. The van der Waals surface area contributed by atoms with Crippen molar-refractivity contribution < 1.29 is 14.4 Å². The molecule has 6 heteroatoms. The molecule has 1 aromatic rings. The molecule has 6 nitrogen and oxygen atoms in total. The van der Waals surface area contributed by atoms with Crippen molar-refractivity contribution in [3.05, 3.63) is 24.3 Å². The van der Waals surface area contributed by atoms with Gasteiger partial charge in [-0.25, -0.2) is 4.90 Å². The number of imide groups is 1. The summed E-state index contributed by atoms with van der Waals surface area (Å²) < 4.78 is 0. The monoisotopic (exact) mass is 317 g/mol. The molecule has 0 aromatic heterocycles. The van der Waals surface area contributed by atoms with Crippen LogP contribution >= 0.6 is 0 Å². The Morgan fingerprint density at radius 2 is 1.61 bits per heavy atom. The van der Waals surface area contributed by atoms with Gasteiger partial charge in [-0.05, 0) is 57.4 Å². The molecule has 23 heavy (non-hydrogen) atoms. The van der Waals surface area contributed by atoms with Crippen molar-refractivity contribution in [1.29, 1.82) is 0 Å². The van der Waals surface area contributed by atoms with Crippen LogP contribution in [0.3, 0.4) is 0 Å². The average molecular weight is 317 g/mol. The van der Waals surface area contributed by atoms with Crippen molar-refractivity contribution >= 4 is 29.1 Å². The molecular weight excluding hydrogens is 294 g/mol. The first-order valence-corrected chi connectivity index (χ1v) is 7.85. The maximum Gasteiger partial charge on any atom is 0.323 e. The smallest absolute Gasteiger partial charge is 0.323 e. The number of piperidine rings is 1. The largest absolute Gasteiger partial charge is 0.399 e. The predicted molar refractivity (Wildman–Crippen MR) is 88.6 cm³/mol. The van der Waals surface area contributed by atoms with E-state index in [0.29, 0.717) is 11.4 Å². The number of carbonyl (C=O) groups is 3. The molecule has 2 N–H and O–H groups in total. The van der Waals surface area contributed by atoms with Gasteiger partial charge < -0.3 is 10.6 Å². The lowest BCUT2D eigenvalue weighted by Crippen LogP contribution is -2.54. The number of carbonyl (C=O) groups excluding carboxylic acids is 3. The van der Waals surface area contributed by atoms with Crippen LogP contribution in [0.2, 0.25) is 0 Å². The summed E-state index contributed by atoms with van der Waals surface area (Å²) in [6.07, 6.45) is 2.77. The minimum atomic E-state index is -0.817. The summed E-state index contributed by atoms with van der Waals surface area (Å²) in [5, 5.41) is 0. The molecule has 1 fully saturated rings. The Kier molecular flexibility index (Phi) is 5.03. The highest BCUT2D eigenvalue weighted by atomic mass is 16.2. The molecule has 0 spiro atoms. The van der Waals surface area contributed by atoms with E-state index in [0.717, 1.165) is 24.2 Å². The van der Waals surface area contributed by atoms with E-state index in [1.807, 2.05) is 13.8 Å². The zero-order chi connectivity index (χ0) is 17.1. The third-order valence-electron chi connectivity index (χ3n) is 4.28. The number of hydrogen-bond donors (Lipinski definition) is 1. The zero-order valence-electron chi connectivity index (χ0n) is 13.8. The van der Waals surface area contributed by atoms with Gasteiger partial charge in [0, 0.05) is 24.7 Å². The molecule has 124 valence electrons. The third kappa shape index (κ3) is 3.52. The van der Waals surface area contributed by atoms with Gasteiger partial charge >= 0.3 is 11.8 Å². The number of likely N-dealkylation sites (tertiary alicyclic amines) is 1. The van der Waals surface area contributed by atoms with Crippen molar-refractivity contribution in [1.82, 2.24) is 4.90 Å². The molecule has 0 saturated carbocycles. The van der Waals surface area contributed by atoms with Crippen LogP contribution in [0.5, 0.6) is 0 Å². The van der Waals surface area contributed by atoms with E-state index < -0.39 is 17.7 Å². The van der Waals surface area contributed by atoms with Crippen LogP contribution in [0.15, 0.2) is 24.3 Å². The fraction of sp³-hybridized carbons (Fsp3) is 0.471. The number of benzene rings is 1. The van der Waals surface area contributed by atoms with Crippen LogP contribution in [0.25, 0.3) is 0 Å². The van der Waals surface area contributed by atoms with Gasteiger partial charge in [-0.15, -0.1) is 0 Å². The molecule has 1 saturated heterocycles. The highest BCUT2D eigenvalue weighted by Crippen LogP contribution is 2.24. The highest BCUT2D eigenvalue weighted by molar-refractivity contribution is 6.45. The summed E-state index contributed by atoms with van der Waals surface area (Å²) in [5.74, 6) is -1.94. The Morgan fingerprint density at radius 3 is 2.09 bits per heavy atom. The Labute approximate surface area is 136 Å². The summed E-state index contributed by atoms with van der Waals surface area (Å²) in [4.78, 5) is 39.7. The number of hydrogen-bond acceptors (Lipinski definition) is 4. The van der Waals surface area contributed by atoms with E-state index in [1.165, 1.54) is 6.92 Å². The Balaban J connectivity index is 2.28. The van der Waals surface area contributed by atoms with Crippen molar-refractivity contribution in [3.63, 3.8) is 0 Å². The number of nitrogen functional groups attached to an aromatic ring is 1. The van der Waals surface area contributed by atoms with Gasteiger partial charge in [0.1, 0.15) is 0 Å². The number of rotatable bonds is 1. The van der Waals surface area contributed by atoms with Crippen molar-refractivity contribution in [2.75, 3.05) is 10.6 Å². The number of anilines is 2. The number of nitrogens with zero attached hydrogens (tertiary/aromatic N) is 2. The molecule has 0 aliphatic carbocycles. The lowest BCUT2D eigenvalue weighted by atomic mass is 9.97. The normalized spacial score (nSPS) is 20.9. The quantitative estimate of drug-likeness (QED) is 0.634. The van der Waals surface area contributed by atoms with E-state index in [-0.39, 0.29) is 12.1 Å². The van der Waals surface area contributed by atoms with Crippen LogP contribution in [0.4, 0.5) is 11.4 Å². The van der Waals surface area contributed by atoms with E-state index >= 15 is 0 Å². The van der Waals surface area contributed by atoms with Gasteiger partial charge in [0.2, 0.25) is 5.91 Å². The molecule has 2 atom stereocenters. The minimum absolute atomic E-state index is 0.00424. The lowest BCUT2D eigenvalue weighted by Gasteiger charge is -2.39. The van der Waals surface area contributed by atoms with Crippen LogP contribution < -0.4 is 10.6 Å². The molecule has 0 radical (unpaired) electrons. The fourth-order valence-corrected chi connectivity index (χ4v) is 3.09. The van der Waals surface area contributed by atoms with Gasteiger partial charge in [0.25, 0.3) is 0 Å². The molecule has 1 heterocycles. The average Bonchev–Trinajstić information content (AvgIpc) is 2.48. The summed E-state index contributed by atoms with van der Waals surface area (Å²) in [6, 6.07) is 6.30. The summed E-state index contributed by atoms with van der Waals surface area (Å²) in [6.45, 7) is 5.13. The summed E-state index contributed by atoms with van der Waals surface area (Å²) >= 11 is 0. The number of amides is 3. The molecule has 1 aliphatic heterocycles. The molecule has 3 amide bonds. The molecule has 1 aliphatic rings. The van der Waals surface area contributed by atoms with Gasteiger partial charge in [-0.3, -0.25) is 14.4 Å². The van der Waals surface area contributed by atoms with Gasteiger partial charge in [0.15, 0.2) is 0 Å².